The van der Waals surface area contributed by atoms with E-state index in [4.69, 9.17) is 25.8 Å². The van der Waals surface area contributed by atoms with Crippen LogP contribution in [0.2, 0.25) is 0 Å². The number of aliphatic hydroxyl groups excluding tert-OH is 1. The molecular formula is C11H17F2N6O12P3. The quantitative estimate of drug-likeness (QED) is 0.0919. The Balaban J connectivity index is 2.28. The van der Waals surface area contributed by atoms with E-state index in [0.29, 0.717) is 11.1 Å². The molecule has 2 aliphatic heterocycles. The number of hydrogen-bond donors (Lipinski definition) is 6. The van der Waals surface area contributed by atoms with Crippen LogP contribution in [0.15, 0.2) is 34.5 Å². The van der Waals surface area contributed by atoms with E-state index < -0.39 is 72.4 Å². The minimum Gasteiger partial charge on any atom is -0.387 e. The fraction of sp³-hybridized carbons (Fsp3) is 0.545. The minimum atomic E-state index is -5.88. The van der Waals surface area contributed by atoms with Gasteiger partial charge < -0.3 is 40.1 Å². The van der Waals surface area contributed by atoms with Gasteiger partial charge in [-0.25, -0.2) is 27.5 Å². The molecule has 2 unspecified atom stereocenters. The summed E-state index contributed by atoms with van der Waals surface area (Å²) in [6.07, 6.45) is -6.01. The third-order valence-electron chi connectivity index (χ3n) is 4.08. The van der Waals surface area contributed by atoms with Crippen LogP contribution in [0.25, 0.3) is 10.4 Å². The van der Waals surface area contributed by atoms with E-state index in [1.165, 1.54) is 0 Å². The molecule has 0 radical (unpaired) electrons. The molecule has 0 amide bonds. The average molecular weight is 556 g/mol. The normalized spacial score (nSPS) is 31.2. The second-order valence-electron chi connectivity index (χ2n) is 6.51. The number of ether oxygens (including phenoxy) is 1. The van der Waals surface area contributed by atoms with Crippen molar-refractivity contribution in [1.29, 1.82) is 0 Å². The van der Waals surface area contributed by atoms with Crippen molar-refractivity contribution in [2.24, 2.45) is 15.8 Å². The van der Waals surface area contributed by atoms with Crippen LogP contribution in [0.1, 0.15) is 0 Å². The summed E-state index contributed by atoms with van der Waals surface area (Å²) in [5, 5.41) is 13.5. The Morgan fingerprint density at radius 3 is 2.50 bits per heavy atom. The number of alkyl halides is 1. The van der Waals surface area contributed by atoms with Crippen LogP contribution in [0.3, 0.4) is 0 Å². The molecular weight excluding hydrogens is 539 g/mol. The molecule has 34 heavy (non-hydrogen) atoms. The Hall–Kier alpha value is -1.75. The highest BCUT2D eigenvalue weighted by Gasteiger charge is 2.58. The largest absolute Gasteiger partial charge is 0.490 e. The molecule has 1 saturated heterocycles. The lowest BCUT2D eigenvalue weighted by Crippen LogP contribution is -2.48. The molecule has 2 heterocycles. The van der Waals surface area contributed by atoms with Gasteiger partial charge in [0.15, 0.2) is 24.1 Å². The third kappa shape index (κ3) is 6.90. The van der Waals surface area contributed by atoms with Gasteiger partial charge in [-0.15, -0.1) is 0 Å². The van der Waals surface area contributed by atoms with Crippen molar-refractivity contribution in [3.05, 3.63) is 34.9 Å². The van der Waals surface area contributed by atoms with Crippen LogP contribution in [0.5, 0.6) is 0 Å². The van der Waals surface area contributed by atoms with E-state index in [1.807, 2.05) is 0 Å². The molecule has 0 aromatic heterocycles. The second kappa shape index (κ2) is 10.1. The topological polar surface area (TPSA) is 280 Å². The Labute approximate surface area is 188 Å². The van der Waals surface area contributed by atoms with Crippen LogP contribution < -0.4 is 5.73 Å². The van der Waals surface area contributed by atoms with Crippen molar-refractivity contribution in [1.82, 2.24) is 4.90 Å². The van der Waals surface area contributed by atoms with Gasteiger partial charge in [0.1, 0.15) is 17.5 Å². The number of nitrogens with zero attached hydrogens (tertiary/aromatic N) is 5. The molecule has 0 saturated carbocycles. The predicted molar refractivity (Wildman–Crippen MR) is 104 cm³/mol. The number of rotatable bonds is 10. The van der Waals surface area contributed by atoms with E-state index in [0.717, 1.165) is 0 Å². The maximum Gasteiger partial charge on any atom is 0.490 e. The Morgan fingerprint density at radius 2 is 1.94 bits per heavy atom. The second-order valence-corrected chi connectivity index (χ2v) is 10.9. The zero-order valence-electron chi connectivity index (χ0n) is 16.4. The number of hydrogen-bond acceptors (Lipinski definition) is 12. The van der Waals surface area contributed by atoms with E-state index in [9.17, 15) is 37.4 Å². The van der Waals surface area contributed by atoms with Crippen LogP contribution in [-0.2, 0) is 31.6 Å². The number of azide groups is 1. The molecule has 18 nitrogen and oxygen atoms in total. The van der Waals surface area contributed by atoms with Gasteiger partial charge in [-0.1, -0.05) is 11.7 Å². The standard InChI is InChI=1S/C11H17F2N6O12P3/c1-5-17-9(14)6(12)2-19(5)10-7(13)8(20)11(29-10,3-16-18-15)4-28-33(24,25)31-34(26,27)30-32(21,22)23/h2,7-8,10,20H,1,3-4H2,(H2,14,17)(H,24,25)(H,26,27)(H2,21,22,23)/t7-,8+,10-,11-/m1/s1. The first-order valence-electron chi connectivity index (χ1n) is 8.40. The lowest BCUT2D eigenvalue weighted by molar-refractivity contribution is -0.126. The maximum absolute atomic E-state index is 14.9. The fourth-order valence-electron chi connectivity index (χ4n) is 2.71. The number of aliphatic hydroxyl groups is 1. The number of phosphoric ester groups is 1. The molecule has 0 bridgehead atoms. The third-order valence-corrected chi connectivity index (χ3v) is 7.86. The summed E-state index contributed by atoms with van der Waals surface area (Å²) in [5.74, 6) is -2.06. The predicted octanol–water partition coefficient (Wildman–Crippen LogP) is 0.389. The average Bonchev–Trinajstić information content (AvgIpc) is 2.90. The summed E-state index contributed by atoms with van der Waals surface area (Å²) >= 11 is 0. The van der Waals surface area contributed by atoms with Crippen LogP contribution in [0.4, 0.5) is 8.78 Å². The van der Waals surface area contributed by atoms with Gasteiger partial charge in [-0.05, 0) is 5.53 Å². The number of amidine groups is 1. The summed E-state index contributed by atoms with van der Waals surface area (Å²) < 4.78 is 79.6. The number of phosphoric acid groups is 3. The van der Waals surface area contributed by atoms with Gasteiger partial charge in [-0.3, -0.25) is 4.52 Å². The molecule has 2 rings (SSSR count). The molecule has 7 N–H and O–H groups in total. The molecule has 192 valence electrons. The molecule has 23 heteroatoms. The highest BCUT2D eigenvalue weighted by Crippen LogP contribution is 2.66. The van der Waals surface area contributed by atoms with Gasteiger partial charge in [-0.2, -0.15) is 8.62 Å². The van der Waals surface area contributed by atoms with Crippen molar-refractivity contribution in [2.75, 3.05) is 13.2 Å². The first-order chi connectivity index (χ1) is 15.4. The van der Waals surface area contributed by atoms with Crippen LogP contribution in [0, 0.1) is 0 Å². The molecule has 0 aliphatic carbocycles. The van der Waals surface area contributed by atoms with Gasteiger partial charge in [0, 0.05) is 11.1 Å². The van der Waals surface area contributed by atoms with E-state index in [-0.39, 0.29) is 5.82 Å². The van der Waals surface area contributed by atoms with Crippen molar-refractivity contribution in [3.8, 4) is 0 Å². The monoisotopic (exact) mass is 556 g/mol. The Bertz CT molecular complexity index is 1090. The number of aliphatic imine (C=N–C) groups is 1. The lowest BCUT2D eigenvalue weighted by atomic mass is 9.97. The lowest BCUT2D eigenvalue weighted by Gasteiger charge is -2.33. The SMILES string of the molecule is C=C1N=C(N)C(F)=CN1[C@@H]1O[C@](CN=[N+]=[N-])(COP(=O)(O)OP(=O)(O)OP(=O)(O)O)[C@@H](O)[C@H]1F. The van der Waals surface area contributed by atoms with E-state index >= 15 is 0 Å². The van der Waals surface area contributed by atoms with Crippen molar-refractivity contribution >= 4 is 29.3 Å². The smallest absolute Gasteiger partial charge is 0.387 e. The van der Waals surface area contributed by atoms with Crippen molar-refractivity contribution in [3.63, 3.8) is 0 Å². The van der Waals surface area contributed by atoms with E-state index in [2.05, 4.69) is 34.7 Å². The zero-order chi connectivity index (χ0) is 26.1. The summed E-state index contributed by atoms with van der Waals surface area (Å²) in [6.45, 7) is 1.08. The van der Waals surface area contributed by atoms with Gasteiger partial charge >= 0.3 is 23.5 Å². The van der Waals surface area contributed by atoms with Crippen molar-refractivity contribution < 1.29 is 65.0 Å². The van der Waals surface area contributed by atoms with Gasteiger partial charge in [0.25, 0.3) is 0 Å². The molecule has 1 fully saturated rings. The molecule has 0 aromatic rings. The first-order valence-corrected chi connectivity index (χ1v) is 12.9. The minimum absolute atomic E-state index is 0.341. The number of halogens is 2. The highest BCUT2D eigenvalue weighted by atomic mass is 31.3. The molecule has 6 atom stereocenters. The molecule has 2 aliphatic rings. The first kappa shape index (κ1) is 28.5. The molecule has 0 spiro atoms. The molecule has 0 aromatic carbocycles. The summed E-state index contributed by atoms with van der Waals surface area (Å²) in [4.78, 5) is 42.4. The summed E-state index contributed by atoms with van der Waals surface area (Å²) in [6, 6.07) is 0. The summed E-state index contributed by atoms with van der Waals surface area (Å²) in [5.41, 5.74) is 11.4. The zero-order valence-corrected chi connectivity index (χ0v) is 19.1. The van der Waals surface area contributed by atoms with Crippen molar-refractivity contribution in [2.45, 2.75) is 24.1 Å². The maximum atomic E-state index is 14.9. The van der Waals surface area contributed by atoms with Crippen LogP contribution >= 0.6 is 23.5 Å². The Kier molecular flexibility index (Phi) is 8.45. The number of nitrogens with two attached hydrogens (primary N) is 1. The highest BCUT2D eigenvalue weighted by molar-refractivity contribution is 7.66. The Morgan fingerprint density at radius 1 is 1.32 bits per heavy atom. The van der Waals surface area contributed by atoms with E-state index in [1.54, 1.807) is 0 Å². The fourth-order valence-corrected chi connectivity index (χ4v) is 5.78. The van der Waals surface area contributed by atoms with Gasteiger partial charge in [0.05, 0.1) is 13.2 Å². The summed E-state index contributed by atoms with van der Waals surface area (Å²) in [7, 11) is -17.3. The van der Waals surface area contributed by atoms with Gasteiger partial charge in [0.2, 0.25) is 0 Å². The van der Waals surface area contributed by atoms with Crippen LogP contribution in [-0.4, -0.2) is 72.7 Å².